The lowest BCUT2D eigenvalue weighted by molar-refractivity contribution is -0.384. The minimum Gasteiger partial charge on any atom is -0.495 e. The van der Waals surface area contributed by atoms with Crippen LogP contribution in [0.15, 0.2) is 30.4 Å². The highest BCUT2D eigenvalue weighted by molar-refractivity contribution is 5.94. The Morgan fingerprint density at radius 2 is 2.12 bits per heavy atom. The third kappa shape index (κ3) is 3.62. The summed E-state index contributed by atoms with van der Waals surface area (Å²) in [6, 6.07) is 3.86. The van der Waals surface area contributed by atoms with E-state index in [2.05, 4.69) is 11.4 Å². The molecule has 1 fully saturated rings. The second-order valence-electron chi connectivity index (χ2n) is 6.18. The molecule has 0 radical (unpaired) electrons. The summed E-state index contributed by atoms with van der Waals surface area (Å²) < 4.78 is 10.2. The number of amides is 1. The Balaban J connectivity index is 1.57. The van der Waals surface area contributed by atoms with Crippen LogP contribution in [0.3, 0.4) is 0 Å². The average Bonchev–Trinajstić information content (AvgIpc) is 3.22. The normalized spacial score (nSPS) is 23.3. The van der Waals surface area contributed by atoms with Gasteiger partial charge in [-0.15, -0.1) is 0 Å². The molecule has 1 aromatic carbocycles. The van der Waals surface area contributed by atoms with Crippen LogP contribution >= 0.6 is 0 Å². The van der Waals surface area contributed by atoms with Crippen molar-refractivity contribution in [2.45, 2.75) is 12.8 Å². The van der Waals surface area contributed by atoms with Gasteiger partial charge in [-0.3, -0.25) is 19.7 Å². The summed E-state index contributed by atoms with van der Waals surface area (Å²) in [6.45, 7) is -0.442. The lowest BCUT2D eigenvalue weighted by Gasteiger charge is -2.16. The zero-order chi connectivity index (χ0) is 18.0. The van der Waals surface area contributed by atoms with Gasteiger partial charge in [-0.2, -0.15) is 0 Å². The molecule has 0 aromatic heterocycles. The maximum atomic E-state index is 12.1. The predicted octanol–water partition coefficient (Wildman–Crippen LogP) is 2.30. The van der Waals surface area contributed by atoms with Gasteiger partial charge in [-0.1, -0.05) is 12.2 Å². The average molecular weight is 346 g/mol. The summed E-state index contributed by atoms with van der Waals surface area (Å²) >= 11 is 0. The van der Waals surface area contributed by atoms with Crippen molar-refractivity contribution in [3.8, 4) is 5.75 Å². The zero-order valence-corrected chi connectivity index (χ0v) is 13.6. The van der Waals surface area contributed by atoms with Crippen LogP contribution in [0.5, 0.6) is 5.75 Å². The fourth-order valence-electron chi connectivity index (χ4n) is 3.39. The zero-order valence-electron chi connectivity index (χ0n) is 13.6. The first-order valence-electron chi connectivity index (χ1n) is 7.95. The number of allylic oxidation sites excluding steroid dienone is 2. The van der Waals surface area contributed by atoms with E-state index < -0.39 is 17.4 Å². The molecule has 3 atom stereocenters. The topological polar surface area (TPSA) is 108 Å². The van der Waals surface area contributed by atoms with E-state index in [0.29, 0.717) is 5.92 Å². The number of carbonyl (C=O) groups is 2. The number of nitrogens with one attached hydrogen (secondary N) is 1. The van der Waals surface area contributed by atoms with E-state index >= 15 is 0 Å². The lowest BCUT2D eigenvalue weighted by Crippen LogP contribution is -2.26. The first kappa shape index (κ1) is 16.9. The van der Waals surface area contributed by atoms with Crippen LogP contribution in [0.25, 0.3) is 0 Å². The van der Waals surface area contributed by atoms with Crippen molar-refractivity contribution < 1.29 is 24.0 Å². The molecule has 1 N–H and O–H groups in total. The molecule has 132 valence electrons. The number of ether oxygens (including phenoxy) is 2. The second-order valence-corrected chi connectivity index (χ2v) is 6.18. The first-order valence-corrected chi connectivity index (χ1v) is 7.95. The Kier molecular flexibility index (Phi) is 4.69. The molecule has 0 aliphatic heterocycles. The number of hydrogen-bond acceptors (Lipinski definition) is 6. The SMILES string of the molecule is COc1ccc([N+](=O)[O-])cc1NC(=O)COC(=O)C1CC2C=CC1C2. The van der Waals surface area contributed by atoms with Gasteiger partial charge in [0.15, 0.2) is 6.61 Å². The Bertz CT molecular complexity index is 745. The van der Waals surface area contributed by atoms with Gasteiger partial charge < -0.3 is 14.8 Å². The van der Waals surface area contributed by atoms with Crippen LogP contribution in [0, 0.1) is 27.9 Å². The van der Waals surface area contributed by atoms with Crippen molar-refractivity contribution in [3.63, 3.8) is 0 Å². The number of fused-ring (bicyclic) bond motifs is 2. The van der Waals surface area contributed by atoms with Gasteiger partial charge in [-0.05, 0) is 30.7 Å². The molecule has 2 bridgehead atoms. The standard InChI is InChI=1S/C17H18N2O6/c1-24-15-5-4-12(19(22)23)8-14(15)18-16(20)9-25-17(21)13-7-10-2-3-11(13)6-10/h2-5,8,10-11,13H,6-7,9H2,1H3,(H,18,20). The predicted molar refractivity (Wildman–Crippen MR) is 88.1 cm³/mol. The number of benzene rings is 1. The molecule has 2 aliphatic carbocycles. The highest BCUT2D eigenvalue weighted by atomic mass is 16.6. The van der Waals surface area contributed by atoms with Crippen molar-refractivity contribution in [2.75, 3.05) is 19.0 Å². The van der Waals surface area contributed by atoms with Gasteiger partial charge in [0, 0.05) is 12.1 Å². The van der Waals surface area contributed by atoms with Crippen molar-refractivity contribution in [1.29, 1.82) is 0 Å². The van der Waals surface area contributed by atoms with E-state index in [0.717, 1.165) is 12.8 Å². The number of carbonyl (C=O) groups excluding carboxylic acids is 2. The Morgan fingerprint density at radius 1 is 1.32 bits per heavy atom. The molecule has 2 aliphatic rings. The Labute approximate surface area is 143 Å². The maximum Gasteiger partial charge on any atom is 0.310 e. The minimum absolute atomic E-state index is 0.153. The molecule has 8 heteroatoms. The molecule has 8 nitrogen and oxygen atoms in total. The van der Waals surface area contributed by atoms with Gasteiger partial charge in [0.05, 0.1) is 23.6 Å². The molecule has 3 unspecified atom stereocenters. The molecule has 0 saturated heterocycles. The molecule has 25 heavy (non-hydrogen) atoms. The van der Waals surface area contributed by atoms with Crippen molar-refractivity contribution in [2.24, 2.45) is 17.8 Å². The van der Waals surface area contributed by atoms with Crippen LogP contribution in [0.2, 0.25) is 0 Å². The van der Waals surface area contributed by atoms with Crippen LogP contribution < -0.4 is 10.1 Å². The van der Waals surface area contributed by atoms with Crippen molar-refractivity contribution >= 4 is 23.3 Å². The van der Waals surface area contributed by atoms with E-state index in [1.165, 1.54) is 25.3 Å². The van der Waals surface area contributed by atoms with Crippen molar-refractivity contribution in [3.05, 3.63) is 40.5 Å². The lowest BCUT2D eigenvalue weighted by atomic mass is 9.94. The summed E-state index contributed by atoms with van der Waals surface area (Å²) in [5, 5.41) is 13.3. The molecule has 1 saturated carbocycles. The minimum atomic E-state index is -0.578. The summed E-state index contributed by atoms with van der Waals surface area (Å²) in [5.74, 6) is -0.217. The van der Waals surface area contributed by atoms with E-state index in [1.54, 1.807) is 0 Å². The molecule has 0 spiro atoms. The third-order valence-electron chi connectivity index (χ3n) is 4.60. The first-order chi connectivity index (χ1) is 12.0. The summed E-state index contributed by atoms with van der Waals surface area (Å²) in [4.78, 5) is 34.4. The van der Waals surface area contributed by atoms with Gasteiger partial charge in [0.25, 0.3) is 11.6 Å². The molecule has 1 amide bonds. The number of hydrogen-bond donors (Lipinski definition) is 1. The number of nitro groups is 1. The highest BCUT2D eigenvalue weighted by Crippen LogP contribution is 2.43. The van der Waals surface area contributed by atoms with Crippen LogP contribution in [-0.2, 0) is 14.3 Å². The number of non-ortho nitro benzene ring substituents is 1. The number of rotatable bonds is 6. The monoisotopic (exact) mass is 346 g/mol. The summed E-state index contributed by atoms with van der Waals surface area (Å²) in [6.07, 6.45) is 5.89. The fraction of sp³-hybridized carbons (Fsp3) is 0.412. The summed E-state index contributed by atoms with van der Waals surface area (Å²) in [7, 11) is 1.39. The molecular weight excluding hydrogens is 328 g/mol. The Morgan fingerprint density at radius 3 is 2.72 bits per heavy atom. The van der Waals surface area contributed by atoms with Crippen LogP contribution in [0.1, 0.15) is 12.8 Å². The van der Waals surface area contributed by atoms with Gasteiger partial charge >= 0.3 is 5.97 Å². The quantitative estimate of drug-likeness (QED) is 0.366. The molecular formula is C17H18N2O6. The van der Waals surface area contributed by atoms with Gasteiger partial charge in [-0.25, -0.2) is 0 Å². The molecule has 1 aromatic rings. The number of nitro benzene ring substituents is 1. The number of nitrogens with zero attached hydrogens (tertiary/aromatic N) is 1. The van der Waals surface area contributed by atoms with Gasteiger partial charge in [0.1, 0.15) is 5.75 Å². The molecule has 0 heterocycles. The van der Waals surface area contributed by atoms with E-state index in [-0.39, 0.29) is 34.9 Å². The van der Waals surface area contributed by atoms with E-state index in [1.807, 2.05) is 6.08 Å². The molecule has 3 rings (SSSR count). The highest BCUT2D eigenvalue weighted by Gasteiger charge is 2.40. The largest absolute Gasteiger partial charge is 0.495 e. The van der Waals surface area contributed by atoms with Gasteiger partial charge in [0.2, 0.25) is 0 Å². The fourth-order valence-corrected chi connectivity index (χ4v) is 3.39. The summed E-state index contributed by atoms with van der Waals surface area (Å²) in [5.41, 5.74) is -0.0255. The van der Waals surface area contributed by atoms with Crippen molar-refractivity contribution in [1.82, 2.24) is 0 Å². The number of methoxy groups -OCH3 is 1. The number of esters is 1. The second kappa shape index (κ2) is 6.92. The smallest absolute Gasteiger partial charge is 0.310 e. The maximum absolute atomic E-state index is 12.1. The van der Waals surface area contributed by atoms with E-state index in [4.69, 9.17) is 9.47 Å². The Hall–Kier alpha value is -2.90. The third-order valence-corrected chi connectivity index (χ3v) is 4.60. The van der Waals surface area contributed by atoms with Crippen LogP contribution in [-0.4, -0.2) is 30.5 Å². The number of anilines is 1. The van der Waals surface area contributed by atoms with Crippen LogP contribution in [0.4, 0.5) is 11.4 Å². The van der Waals surface area contributed by atoms with E-state index in [9.17, 15) is 19.7 Å².